The Labute approximate surface area is 150 Å². The molecule has 5 nitrogen and oxygen atoms in total. The molecule has 0 spiro atoms. The van der Waals surface area contributed by atoms with Gasteiger partial charge in [-0.25, -0.2) is 5.10 Å². The zero-order valence-corrected chi connectivity index (χ0v) is 14.6. The van der Waals surface area contributed by atoms with Gasteiger partial charge in [0.2, 0.25) is 11.1 Å². The molecule has 0 fully saturated rings. The third-order valence-electron chi connectivity index (χ3n) is 3.41. The molecule has 2 aromatic carbocycles. The molecular weight excluding hydrogens is 332 g/mol. The minimum Gasteiger partial charge on any atom is -0.291 e. The second-order valence-electron chi connectivity index (χ2n) is 5.19. The van der Waals surface area contributed by atoms with E-state index in [0.717, 1.165) is 16.9 Å². The SMILES string of the molecule is CCSc1n[nH]c(NC(=O)/C(=C\c2ccccc2)c2ccccc2)n1. The van der Waals surface area contributed by atoms with Crippen LogP contribution in [0, 0.1) is 0 Å². The molecule has 25 heavy (non-hydrogen) atoms. The zero-order chi connectivity index (χ0) is 17.5. The summed E-state index contributed by atoms with van der Waals surface area (Å²) in [5.41, 5.74) is 2.36. The van der Waals surface area contributed by atoms with Gasteiger partial charge in [0.1, 0.15) is 0 Å². The van der Waals surface area contributed by atoms with Crippen molar-refractivity contribution >= 4 is 35.3 Å². The Morgan fingerprint density at radius 3 is 2.48 bits per heavy atom. The van der Waals surface area contributed by atoms with Crippen molar-refractivity contribution in [3.63, 3.8) is 0 Å². The number of thioether (sulfide) groups is 1. The maximum absolute atomic E-state index is 12.8. The normalized spacial score (nSPS) is 11.3. The van der Waals surface area contributed by atoms with Gasteiger partial charge in [0.15, 0.2) is 0 Å². The van der Waals surface area contributed by atoms with Crippen LogP contribution in [-0.2, 0) is 4.79 Å². The number of hydrogen-bond donors (Lipinski definition) is 2. The molecule has 0 saturated carbocycles. The molecule has 2 N–H and O–H groups in total. The summed E-state index contributed by atoms with van der Waals surface area (Å²) in [7, 11) is 0. The number of rotatable bonds is 6. The smallest absolute Gasteiger partial charge is 0.258 e. The molecule has 0 aliphatic rings. The second kappa shape index (κ2) is 8.30. The van der Waals surface area contributed by atoms with E-state index in [1.807, 2.05) is 73.7 Å². The predicted octanol–water partition coefficient (Wildman–Crippen LogP) is 4.10. The van der Waals surface area contributed by atoms with E-state index in [-0.39, 0.29) is 5.91 Å². The molecule has 0 unspecified atom stereocenters. The number of hydrogen-bond acceptors (Lipinski definition) is 4. The number of H-pyrrole nitrogens is 1. The van der Waals surface area contributed by atoms with E-state index >= 15 is 0 Å². The van der Waals surface area contributed by atoms with Gasteiger partial charge in [0.05, 0.1) is 0 Å². The molecule has 1 aromatic heterocycles. The Bertz CT molecular complexity index is 859. The number of nitrogens with one attached hydrogen (secondary N) is 2. The Morgan fingerprint density at radius 2 is 1.80 bits per heavy atom. The Morgan fingerprint density at radius 1 is 1.12 bits per heavy atom. The second-order valence-corrected chi connectivity index (χ2v) is 6.42. The summed E-state index contributed by atoms with van der Waals surface area (Å²) in [5, 5.41) is 10.2. The summed E-state index contributed by atoms with van der Waals surface area (Å²) in [6.07, 6.45) is 1.86. The van der Waals surface area contributed by atoms with E-state index in [4.69, 9.17) is 0 Å². The van der Waals surface area contributed by atoms with Crippen molar-refractivity contribution in [3.05, 3.63) is 71.8 Å². The first-order valence-corrected chi connectivity index (χ1v) is 8.93. The van der Waals surface area contributed by atoms with Crippen molar-refractivity contribution in [2.24, 2.45) is 0 Å². The quantitative estimate of drug-likeness (QED) is 0.399. The van der Waals surface area contributed by atoms with Crippen LogP contribution in [0.2, 0.25) is 0 Å². The third kappa shape index (κ3) is 4.58. The van der Waals surface area contributed by atoms with Crippen molar-refractivity contribution in [1.82, 2.24) is 15.2 Å². The van der Waals surface area contributed by atoms with Crippen LogP contribution in [0.3, 0.4) is 0 Å². The molecule has 1 heterocycles. The number of nitrogens with zero attached hydrogens (tertiary/aromatic N) is 2. The fraction of sp³-hybridized carbons (Fsp3) is 0.105. The van der Waals surface area contributed by atoms with Crippen LogP contribution >= 0.6 is 11.8 Å². The molecular formula is C19H18N4OS. The van der Waals surface area contributed by atoms with Gasteiger partial charge < -0.3 is 0 Å². The maximum atomic E-state index is 12.8. The van der Waals surface area contributed by atoms with Crippen molar-refractivity contribution in [2.45, 2.75) is 12.1 Å². The molecule has 0 saturated heterocycles. The zero-order valence-electron chi connectivity index (χ0n) is 13.8. The number of aromatic amines is 1. The van der Waals surface area contributed by atoms with E-state index < -0.39 is 0 Å². The van der Waals surface area contributed by atoms with Crippen LogP contribution in [0.5, 0.6) is 0 Å². The van der Waals surface area contributed by atoms with Gasteiger partial charge in [-0.05, 0) is 23.0 Å². The van der Waals surface area contributed by atoms with Crippen LogP contribution in [-0.4, -0.2) is 26.8 Å². The minimum atomic E-state index is -0.237. The first-order valence-electron chi connectivity index (χ1n) is 7.95. The average Bonchev–Trinajstić information content (AvgIpc) is 3.08. The standard InChI is InChI=1S/C19H18N4OS/c1-2-25-19-21-18(22-23-19)20-17(24)16(15-11-7-4-8-12-15)13-14-9-5-3-6-10-14/h3-13H,2H2,1H3,(H2,20,21,22,23,24)/b16-13-. The maximum Gasteiger partial charge on any atom is 0.258 e. The lowest BCUT2D eigenvalue weighted by Crippen LogP contribution is -2.14. The molecule has 126 valence electrons. The molecule has 0 aliphatic heterocycles. The Balaban J connectivity index is 1.88. The molecule has 0 aliphatic carbocycles. The van der Waals surface area contributed by atoms with Crippen LogP contribution in [0.1, 0.15) is 18.1 Å². The van der Waals surface area contributed by atoms with E-state index in [1.54, 1.807) is 0 Å². The van der Waals surface area contributed by atoms with Gasteiger partial charge in [-0.2, -0.15) is 4.98 Å². The molecule has 0 radical (unpaired) electrons. The lowest BCUT2D eigenvalue weighted by molar-refractivity contribution is -0.111. The fourth-order valence-corrected chi connectivity index (χ4v) is 2.81. The predicted molar refractivity (Wildman–Crippen MR) is 102 cm³/mol. The van der Waals surface area contributed by atoms with Gasteiger partial charge in [-0.1, -0.05) is 79.3 Å². The number of benzene rings is 2. The van der Waals surface area contributed by atoms with Crippen LogP contribution in [0.4, 0.5) is 5.95 Å². The summed E-state index contributed by atoms with van der Waals surface area (Å²) in [5.74, 6) is 0.976. The first-order chi connectivity index (χ1) is 12.3. The van der Waals surface area contributed by atoms with Crippen molar-refractivity contribution in [3.8, 4) is 0 Å². The summed E-state index contributed by atoms with van der Waals surface area (Å²) in [6, 6.07) is 19.3. The first kappa shape index (κ1) is 17.0. The van der Waals surface area contributed by atoms with Crippen molar-refractivity contribution in [1.29, 1.82) is 0 Å². The van der Waals surface area contributed by atoms with E-state index in [9.17, 15) is 4.79 Å². The summed E-state index contributed by atoms with van der Waals surface area (Å²) < 4.78 is 0. The lowest BCUT2D eigenvalue weighted by Gasteiger charge is -2.08. The summed E-state index contributed by atoms with van der Waals surface area (Å²) in [6.45, 7) is 2.02. The van der Waals surface area contributed by atoms with Gasteiger partial charge >= 0.3 is 0 Å². The topological polar surface area (TPSA) is 70.7 Å². The summed E-state index contributed by atoms with van der Waals surface area (Å²) in [4.78, 5) is 17.1. The molecule has 3 aromatic rings. The van der Waals surface area contributed by atoms with Crippen LogP contribution in [0.25, 0.3) is 11.6 Å². The Kier molecular flexibility index (Phi) is 5.64. The van der Waals surface area contributed by atoms with Crippen molar-refractivity contribution < 1.29 is 4.79 Å². The van der Waals surface area contributed by atoms with Crippen LogP contribution in [0.15, 0.2) is 65.8 Å². The van der Waals surface area contributed by atoms with Gasteiger partial charge in [0.25, 0.3) is 5.91 Å². The van der Waals surface area contributed by atoms with Crippen LogP contribution < -0.4 is 5.32 Å². The van der Waals surface area contributed by atoms with Gasteiger partial charge in [0, 0.05) is 5.57 Å². The number of carbonyl (C=O) groups is 1. The monoisotopic (exact) mass is 350 g/mol. The largest absolute Gasteiger partial charge is 0.291 e. The highest BCUT2D eigenvalue weighted by atomic mass is 32.2. The summed E-state index contributed by atoms with van der Waals surface area (Å²) >= 11 is 1.51. The van der Waals surface area contributed by atoms with Gasteiger partial charge in [-0.3, -0.25) is 10.1 Å². The lowest BCUT2D eigenvalue weighted by atomic mass is 10.0. The van der Waals surface area contributed by atoms with Crippen molar-refractivity contribution in [2.75, 3.05) is 11.1 Å². The highest BCUT2D eigenvalue weighted by Gasteiger charge is 2.14. The van der Waals surface area contributed by atoms with Gasteiger partial charge in [-0.15, -0.1) is 5.10 Å². The van der Waals surface area contributed by atoms with E-state index in [1.165, 1.54) is 11.8 Å². The molecule has 3 rings (SSSR count). The van der Waals surface area contributed by atoms with E-state index in [0.29, 0.717) is 16.7 Å². The number of aromatic nitrogens is 3. The van der Waals surface area contributed by atoms with E-state index in [2.05, 4.69) is 20.5 Å². The fourth-order valence-electron chi connectivity index (χ4n) is 2.28. The number of anilines is 1. The highest BCUT2D eigenvalue weighted by Crippen LogP contribution is 2.20. The minimum absolute atomic E-state index is 0.237. The number of amides is 1. The third-order valence-corrected chi connectivity index (χ3v) is 4.14. The highest BCUT2D eigenvalue weighted by molar-refractivity contribution is 7.99. The molecule has 6 heteroatoms. The average molecular weight is 350 g/mol. The molecule has 1 amide bonds. The molecule has 0 bridgehead atoms. The Hall–Kier alpha value is -2.86. The molecule has 0 atom stereocenters. The number of carbonyl (C=O) groups excluding carboxylic acids is 1.